The first-order valence-corrected chi connectivity index (χ1v) is 6.22. The fourth-order valence-corrected chi connectivity index (χ4v) is 2.00. The summed E-state index contributed by atoms with van der Waals surface area (Å²) in [7, 11) is 0. The Balaban J connectivity index is 2.29. The summed E-state index contributed by atoms with van der Waals surface area (Å²) >= 11 is 0. The molecule has 0 amide bonds. The van der Waals surface area contributed by atoms with Crippen molar-refractivity contribution in [2.75, 3.05) is 5.73 Å². The van der Waals surface area contributed by atoms with Crippen molar-refractivity contribution >= 4 is 5.88 Å². The van der Waals surface area contributed by atoms with E-state index in [0.717, 1.165) is 42.5 Å². The van der Waals surface area contributed by atoms with Crippen molar-refractivity contribution in [1.82, 2.24) is 5.16 Å². The highest BCUT2D eigenvalue weighted by Gasteiger charge is 2.15. The minimum atomic E-state index is -0.285. The highest BCUT2D eigenvalue weighted by Crippen LogP contribution is 2.30. The lowest BCUT2D eigenvalue weighted by Crippen LogP contribution is -1.92. The summed E-state index contributed by atoms with van der Waals surface area (Å²) in [5.74, 6) is -0.0280. The van der Waals surface area contributed by atoms with Crippen LogP contribution in [0.25, 0.3) is 11.1 Å². The average Bonchev–Trinajstić information content (AvgIpc) is 2.71. The van der Waals surface area contributed by atoms with Crippen LogP contribution >= 0.6 is 0 Å². The van der Waals surface area contributed by atoms with Gasteiger partial charge in [-0.05, 0) is 30.5 Å². The Hall–Kier alpha value is -1.84. The van der Waals surface area contributed by atoms with E-state index < -0.39 is 0 Å². The third-order valence-corrected chi connectivity index (χ3v) is 2.92. The van der Waals surface area contributed by atoms with Gasteiger partial charge in [-0.25, -0.2) is 4.39 Å². The molecule has 2 N–H and O–H groups in total. The van der Waals surface area contributed by atoms with Gasteiger partial charge in [0.05, 0.1) is 11.3 Å². The molecule has 1 heterocycles. The van der Waals surface area contributed by atoms with Gasteiger partial charge in [-0.3, -0.25) is 0 Å². The summed E-state index contributed by atoms with van der Waals surface area (Å²) in [4.78, 5) is 0. The molecule has 0 saturated carbocycles. The summed E-state index contributed by atoms with van der Waals surface area (Å²) in [5.41, 5.74) is 8.04. The van der Waals surface area contributed by atoms with Gasteiger partial charge < -0.3 is 10.3 Å². The van der Waals surface area contributed by atoms with Crippen molar-refractivity contribution in [1.29, 1.82) is 0 Å². The second-order valence-corrected chi connectivity index (χ2v) is 4.34. The number of aromatic nitrogens is 1. The van der Waals surface area contributed by atoms with Gasteiger partial charge in [-0.2, -0.15) is 0 Å². The number of halogens is 1. The Bertz CT molecular complexity index is 522. The van der Waals surface area contributed by atoms with Crippen LogP contribution in [-0.2, 0) is 6.42 Å². The zero-order valence-electron chi connectivity index (χ0n) is 10.4. The number of nitrogen functional groups attached to an aromatic ring is 1. The molecule has 18 heavy (non-hydrogen) atoms. The molecule has 2 rings (SSSR count). The lowest BCUT2D eigenvalue weighted by Gasteiger charge is -2.02. The predicted molar refractivity (Wildman–Crippen MR) is 69.5 cm³/mol. The highest BCUT2D eigenvalue weighted by atomic mass is 19.1. The van der Waals surface area contributed by atoms with Crippen molar-refractivity contribution in [2.45, 2.75) is 32.6 Å². The normalized spacial score (nSPS) is 10.8. The van der Waals surface area contributed by atoms with Gasteiger partial charge in [0.2, 0.25) is 5.88 Å². The molecular formula is C14H17FN2O. The van der Waals surface area contributed by atoms with Gasteiger partial charge in [0.15, 0.2) is 0 Å². The molecule has 1 aromatic carbocycles. The van der Waals surface area contributed by atoms with E-state index in [1.54, 1.807) is 6.07 Å². The predicted octanol–water partition coefficient (Wildman–Crippen LogP) is 3.80. The van der Waals surface area contributed by atoms with Gasteiger partial charge in [0.25, 0.3) is 0 Å². The second kappa shape index (κ2) is 5.67. The molecule has 3 nitrogen and oxygen atoms in total. The fourth-order valence-electron chi connectivity index (χ4n) is 2.00. The molecule has 0 radical (unpaired) electrons. The van der Waals surface area contributed by atoms with Crippen molar-refractivity contribution in [3.8, 4) is 11.1 Å². The molecular weight excluding hydrogens is 231 g/mol. The molecule has 2 aromatic rings. The fraction of sp³-hybridized carbons (Fsp3) is 0.357. The lowest BCUT2D eigenvalue weighted by atomic mass is 10.0. The standard InChI is InChI=1S/C14H17FN2O/c1-2-3-4-8-12-13(14(16)18-17-12)10-6-5-7-11(15)9-10/h5-7,9H,2-4,8,16H2,1H3. The third-order valence-electron chi connectivity index (χ3n) is 2.92. The first kappa shape index (κ1) is 12.6. The maximum Gasteiger partial charge on any atom is 0.230 e. The topological polar surface area (TPSA) is 52.0 Å². The zero-order chi connectivity index (χ0) is 13.0. The summed E-state index contributed by atoms with van der Waals surface area (Å²) in [6.07, 6.45) is 4.11. The first-order valence-electron chi connectivity index (χ1n) is 6.22. The molecule has 4 heteroatoms. The van der Waals surface area contributed by atoms with Crippen molar-refractivity contribution in [2.24, 2.45) is 0 Å². The average molecular weight is 248 g/mol. The van der Waals surface area contributed by atoms with Crippen LogP contribution in [0.5, 0.6) is 0 Å². The SMILES string of the molecule is CCCCCc1noc(N)c1-c1cccc(F)c1. The number of aryl methyl sites for hydroxylation is 1. The number of hydrogen-bond donors (Lipinski definition) is 1. The summed E-state index contributed by atoms with van der Waals surface area (Å²) in [6.45, 7) is 2.14. The number of rotatable bonds is 5. The van der Waals surface area contributed by atoms with Crippen LogP contribution in [0.4, 0.5) is 10.3 Å². The van der Waals surface area contributed by atoms with Gasteiger partial charge in [0, 0.05) is 0 Å². The minimum absolute atomic E-state index is 0.257. The van der Waals surface area contributed by atoms with Gasteiger partial charge in [0.1, 0.15) is 5.82 Å². The Morgan fingerprint density at radius 3 is 2.89 bits per heavy atom. The van der Waals surface area contributed by atoms with E-state index in [2.05, 4.69) is 12.1 Å². The third kappa shape index (κ3) is 2.70. The zero-order valence-corrected chi connectivity index (χ0v) is 10.4. The molecule has 0 aliphatic heterocycles. The molecule has 0 unspecified atom stereocenters. The van der Waals surface area contributed by atoms with E-state index >= 15 is 0 Å². The van der Waals surface area contributed by atoms with Crippen LogP contribution in [0.1, 0.15) is 31.9 Å². The molecule has 96 valence electrons. The van der Waals surface area contributed by atoms with E-state index in [1.165, 1.54) is 12.1 Å². The molecule has 0 atom stereocenters. The van der Waals surface area contributed by atoms with Gasteiger partial charge >= 0.3 is 0 Å². The molecule has 1 aromatic heterocycles. The lowest BCUT2D eigenvalue weighted by molar-refractivity contribution is 0.426. The first-order chi connectivity index (χ1) is 8.72. The van der Waals surface area contributed by atoms with E-state index in [-0.39, 0.29) is 11.7 Å². The summed E-state index contributed by atoms with van der Waals surface area (Å²) < 4.78 is 18.3. The Morgan fingerprint density at radius 2 is 2.17 bits per heavy atom. The Kier molecular flexibility index (Phi) is 3.97. The second-order valence-electron chi connectivity index (χ2n) is 4.34. The molecule has 0 fully saturated rings. The van der Waals surface area contributed by atoms with Crippen LogP contribution in [0, 0.1) is 5.82 Å². The van der Waals surface area contributed by atoms with Crippen LogP contribution < -0.4 is 5.73 Å². The molecule has 0 spiro atoms. The monoisotopic (exact) mass is 248 g/mol. The van der Waals surface area contributed by atoms with Gasteiger partial charge in [-0.1, -0.05) is 37.1 Å². The molecule has 0 saturated heterocycles. The van der Waals surface area contributed by atoms with E-state index in [0.29, 0.717) is 0 Å². The highest BCUT2D eigenvalue weighted by molar-refractivity contribution is 5.74. The molecule has 0 bridgehead atoms. The molecule has 0 aliphatic carbocycles. The van der Waals surface area contributed by atoms with Gasteiger partial charge in [-0.15, -0.1) is 0 Å². The summed E-state index contributed by atoms with van der Waals surface area (Å²) in [5, 5.41) is 3.97. The smallest absolute Gasteiger partial charge is 0.230 e. The van der Waals surface area contributed by atoms with E-state index in [1.807, 2.05) is 6.07 Å². The maximum absolute atomic E-state index is 13.2. The number of unbranched alkanes of at least 4 members (excludes halogenated alkanes) is 2. The quantitative estimate of drug-likeness (QED) is 0.819. The number of nitrogens with two attached hydrogens (primary N) is 1. The van der Waals surface area contributed by atoms with Crippen molar-refractivity contribution in [3.05, 3.63) is 35.8 Å². The Labute approximate surface area is 106 Å². The number of anilines is 1. The molecule has 0 aliphatic rings. The van der Waals surface area contributed by atoms with Crippen LogP contribution in [0.15, 0.2) is 28.8 Å². The minimum Gasteiger partial charge on any atom is -0.367 e. The van der Waals surface area contributed by atoms with Crippen LogP contribution in [-0.4, -0.2) is 5.16 Å². The number of hydrogen-bond acceptors (Lipinski definition) is 3. The van der Waals surface area contributed by atoms with Crippen LogP contribution in [0.2, 0.25) is 0 Å². The van der Waals surface area contributed by atoms with Crippen LogP contribution in [0.3, 0.4) is 0 Å². The number of benzene rings is 1. The van der Waals surface area contributed by atoms with E-state index in [4.69, 9.17) is 10.3 Å². The van der Waals surface area contributed by atoms with E-state index in [9.17, 15) is 4.39 Å². The van der Waals surface area contributed by atoms with Crippen molar-refractivity contribution < 1.29 is 8.91 Å². The maximum atomic E-state index is 13.2. The number of nitrogens with zero attached hydrogens (tertiary/aromatic N) is 1. The van der Waals surface area contributed by atoms with Crippen molar-refractivity contribution in [3.63, 3.8) is 0 Å². The summed E-state index contributed by atoms with van der Waals surface area (Å²) in [6, 6.07) is 6.33. The largest absolute Gasteiger partial charge is 0.367 e. The Morgan fingerprint density at radius 1 is 1.33 bits per heavy atom.